The molecule has 2 aliphatic rings. The molecule has 2 saturated heterocycles. The summed E-state index contributed by atoms with van der Waals surface area (Å²) in [6, 6.07) is 4.71. The lowest BCUT2D eigenvalue weighted by atomic mass is 9.95. The predicted molar refractivity (Wildman–Crippen MR) is 118 cm³/mol. The molecule has 3 heterocycles. The molecule has 0 saturated carbocycles. The standard InChI is InChI=1S/C21H35N5O2S/c1-3-23-21(26-8-4-5-17(15-26)13-20(22)27)24-14-18(19-7-6-16(2)29-19)25-9-11-28-12-10-25/h6-7,17-18H,3-5,8-15H2,1-2H3,(H2,22,27)(H,23,24). The molecule has 162 valence electrons. The van der Waals surface area contributed by atoms with Crippen molar-refractivity contribution in [3.05, 3.63) is 21.9 Å². The van der Waals surface area contributed by atoms with E-state index in [0.29, 0.717) is 12.3 Å². The molecule has 7 nitrogen and oxygen atoms in total. The number of nitrogens with zero attached hydrogens (tertiary/aromatic N) is 3. The summed E-state index contributed by atoms with van der Waals surface area (Å²) in [5.74, 6) is 1.06. The summed E-state index contributed by atoms with van der Waals surface area (Å²) in [5, 5.41) is 3.46. The number of aliphatic imine (C=N–C) groups is 1. The summed E-state index contributed by atoms with van der Waals surface area (Å²) in [6.07, 6.45) is 2.59. The molecular formula is C21H35N5O2S. The quantitative estimate of drug-likeness (QED) is 0.520. The number of guanidine groups is 1. The van der Waals surface area contributed by atoms with Gasteiger partial charge in [-0.25, -0.2) is 0 Å². The van der Waals surface area contributed by atoms with Gasteiger partial charge in [0.25, 0.3) is 0 Å². The van der Waals surface area contributed by atoms with Gasteiger partial charge in [-0.1, -0.05) is 0 Å². The van der Waals surface area contributed by atoms with E-state index in [1.54, 1.807) is 0 Å². The highest BCUT2D eigenvalue weighted by Gasteiger charge is 2.26. The maximum absolute atomic E-state index is 11.4. The number of nitrogens with two attached hydrogens (primary N) is 1. The third-order valence-corrected chi connectivity index (χ3v) is 6.74. The first-order chi connectivity index (χ1) is 14.1. The van der Waals surface area contributed by atoms with Gasteiger partial charge in [-0.05, 0) is 44.7 Å². The Hall–Kier alpha value is -1.64. The summed E-state index contributed by atoms with van der Waals surface area (Å²) < 4.78 is 5.56. The minimum Gasteiger partial charge on any atom is -0.379 e. The van der Waals surface area contributed by atoms with Crippen LogP contribution >= 0.6 is 11.3 Å². The lowest BCUT2D eigenvalue weighted by molar-refractivity contribution is -0.119. The van der Waals surface area contributed by atoms with Crippen molar-refractivity contribution in [2.24, 2.45) is 16.6 Å². The Morgan fingerprint density at radius 1 is 1.38 bits per heavy atom. The molecule has 2 fully saturated rings. The van der Waals surface area contributed by atoms with Gasteiger partial charge in [-0.3, -0.25) is 14.7 Å². The van der Waals surface area contributed by atoms with Crippen molar-refractivity contribution in [3.8, 4) is 0 Å². The Kier molecular flexibility index (Phi) is 8.32. The maximum Gasteiger partial charge on any atom is 0.217 e. The minimum atomic E-state index is -0.209. The summed E-state index contributed by atoms with van der Waals surface area (Å²) in [7, 11) is 0. The second-order valence-corrected chi connectivity index (χ2v) is 9.25. The fourth-order valence-corrected chi connectivity index (χ4v) is 5.22. The molecule has 2 unspecified atom stereocenters. The Labute approximate surface area is 178 Å². The van der Waals surface area contributed by atoms with Gasteiger partial charge in [0.2, 0.25) is 5.91 Å². The van der Waals surface area contributed by atoms with Crippen molar-refractivity contribution in [2.75, 3.05) is 52.5 Å². The summed E-state index contributed by atoms with van der Waals surface area (Å²) in [4.78, 5) is 23.9. The second-order valence-electron chi connectivity index (χ2n) is 7.93. The number of amides is 1. The minimum absolute atomic E-state index is 0.209. The third-order valence-electron chi connectivity index (χ3n) is 5.63. The van der Waals surface area contributed by atoms with Crippen LogP contribution in [0.25, 0.3) is 0 Å². The van der Waals surface area contributed by atoms with E-state index >= 15 is 0 Å². The number of hydrogen-bond acceptors (Lipinski definition) is 5. The fourth-order valence-electron chi connectivity index (χ4n) is 4.21. The van der Waals surface area contributed by atoms with E-state index in [1.807, 2.05) is 11.3 Å². The van der Waals surface area contributed by atoms with Crippen molar-refractivity contribution in [2.45, 2.75) is 39.2 Å². The van der Waals surface area contributed by atoms with Crippen LogP contribution in [0.5, 0.6) is 0 Å². The average molecular weight is 422 g/mol. The van der Waals surface area contributed by atoms with Crippen LogP contribution in [0.15, 0.2) is 17.1 Å². The number of thiophene rings is 1. The van der Waals surface area contributed by atoms with Crippen LogP contribution in [0.3, 0.4) is 0 Å². The van der Waals surface area contributed by atoms with Gasteiger partial charge >= 0.3 is 0 Å². The Balaban J connectivity index is 1.74. The van der Waals surface area contributed by atoms with E-state index in [0.717, 1.165) is 71.3 Å². The number of hydrogen-bond donors (Lipinski definition) is 2. The lowest BCUT2D eigenvalue weighted by Gasteiger charge is -2.36. The molecular weight excluding hydrogens is 386 g/mol. The molecule has 29 heavy (non-hydrogen) atoms. The Morgan fingerprint density at radius 3 is 2.83 bits per heavy atom. The Bertz CT molecular complexity index is 686. The van der Waals surface area contributed by atoms with Crippen molar-refractivity contribution >= 4 is 23.2 Å². The molecule has 0 aliphatic carbocycles. The second kappa shape index (κ2) is 10.9. The van der Waals surface area contributed by atoms with Gasteiger partial charge in [-0.2, -0.15) is 0 Å². The SMILES string of the molecule is CCNC(=NCC(c1ccc(C)s1)N1CCOCC1)N1CCCC(CC(N)=O)C1. The van der Waals surface area contributed by atoms with Crippen molar-refractivity contribution in [1.82, 2.24) is 15.1 Å². The molecule has 2 aliphatic heterocycles. The van der Waals surface area contributed by atoms with Crippen LogP contribution in [-0.2, 0) is 9.53 Å². The number of likely N-dealkylation sites (tertiary alicyclic amines) is 1. The number of carbonyl (C=O) groups excluding carboxylic acids is 1. The van der Waals surface area contributed by atoms with E-state index in [1.165, 1.54) is 9.75 Å². The van der Waals surface area contributed by atoms with Gasteiger partial charge < -0.3 is 20.7 Å². The van der Waals surface area contributed by atoms with E-state index in [4.69, 9.17) is 15.5 Å². The molecule has 0 spiro atoms. The van der Waals surface area contributed by atoms with Crippen LogP contribution in [0, 0.1) is 12.8 Å². The lowest BCUT2D eigenvalue weighted by Crippen LogP contribution is -2.47. The summed E-state index contributed by atoms with van der Waals surface area (Å²) >= 11 is 1.86. The highest BCUT2D eigenvalue weighted by Crippen LogP contribution is 2.29. The number of morpholine rings is 1. The van der Waals surface area contributed by atoms with Gasteiger partial charge in [-0.15, -0.1) is 11.3 Å². The molecule has 3 N–H and O–H groups in total. The largest absolute Gasteiger partial charge is 0.379 e. The average Bonchev–Trinajstić information content (AvgIpc) is 3.14. The molecule has 0 aromatic carbocycles. The zero-order valence-electron chi connectivity index (χ0n) is 17.7. The van der Waals surface area contributed by atoms with Crippen molar-refractivity contribution < 1.29 is 9.53 Å². The maximum atomic E-state index is 11.4. The van der Waals surface area contributed by atoms with Crippen LogP contribution < -0.4 is 11.1 Å². The number of piperidine rings is 1. The molecule has 1 amide bonds. The highest BCUT2D eigenvalue weighted by molar-refractivity contribution is 7.12. The number of primary amides is 1. The van der Waals surface area contributed by atoms with Gasteiger partial charge in [0.15, 0.2) is 5.96 Å². The normalized spacial score (nSPS) is 22.5. The molecule has 0 radical (unpaired) electrons. The highest BCUT2D eigenvalue weighted by atomic mass is 32.1. The summed E-state index contributed by atoms with van der Waals surface area (Å²) in [6.45, 7) is 11.1. The van der Waals surface area contributed by atoms with Crippen LogP contribution in [0.4, 0.5) is 0 Å². The third kappa shape index (κ3) is 6.42. The Morgan fingerprint density at radius 2 is 2.17 bits per heavy atom. The van der Waals surface area contributed by atoms with E-state index in [-0.39, 0.29) is 11.9 Å². The number of rotatable bonds is 7. The van der Waals surface area contributed by atoms with Gasteiger partial charge in [0.05, 0.1) is 25.8 Å². The number of aryl methyl sites for hydroxylation is 1. The predicted octanol–water partition coefficient (Wildman–Crippen LogP) is 1.98. The smallest absolute Gasteiger partial charge is 0.217 e. The first kappa shape index (κ1) is 22.1. The zero-order chi connectivity index (χ0) is 20.6. The molecule has 2 atom stereocenters. The number of nitrogens with one attached hydrogen (secondary N) is 1. The van der Waals surface area contributed by atoms with Gasteiger partial charge in [0.1, 0.15) is 0 Å². The van der Waals surface area contributed by atoms with Crippen LogP contribution in [-0.4, -0.2) is 74.1 Å². The number of carbonyl (C=O) groups is 1. The number of ether oxygens (including phenoxy) is 1. The fraction of sp³-hybridized carbons (Fsp3) is 0.714. The topological polar surface area (TPSA) is 83.2 Å². The molecule has 1 aromatic heterocycles. The summed E-state index contributed by atoms with van der Waals surface area (Å²) in [5.41, 5.74) is 5.43. The van der Waals surface area contributed by atoms with Crippen molar-refractivity contribution in [3.63, 3.8) is 0 Å². The van der Waals surface area contributed by atoms with E-state index in [2.05, 4.69) is 41.1 Å². The molecule has 8 heteroatoms. The zero-order valence-corrected chi connectivity index (χ0v) is 18.5. The van der Waals surface area contributed by atoms with Crippen molar-refractivity contribution in [1.29, 1.82) is 0 Å². The molecule has 3 rings (SSSR count). The van der Waals surface area contributed by atoms with Crippen LogP contribution in [0.2, 0.25) is 0 Å². The monoisotopic (exact) mass is 421 g/mol. The van der Waals surface area contributed by atoms with Crippen LogP contribution in [0.1, 0.15) is 42.0 Å². The van der Waals surface area contributed by atoms with E-state index < -0.39 is 0 Å². The molecule has 1 aromatic rings. The first-order valence-electron chi connectivity index (χ1n) is 10.8. The van der Waals surface area contributed by atoms with E-state index in [9.17, 15) is 4.79 Å². The molecule has 0 bridgehead atoms. The first-order valence-corrected chi connectivity index (χ1v) is 11.6. The van der Waals surface area contributed by atoms with Gasteiger partial charge in [0, 0.05) is 48.9 Å².